The van der Waals surface area contributed by atoms with E-state index >= 15 is 0 Å². The van der Waals surface area contributed by atoms with Crippen LogP contribution in [0, 0.1) is 0 Å². The molecule has 1 aliphatic heterocycles. The largest absolute Gasteiger partial charge is 0.481 e. The van der Waals surface area contributed by atoms with Gasteiger partial charge < -0.3 is 24.8 Å². The summed E-state index contributed by atoms with van der Waals surface area (Å²) in [5, 5.41) is 27.8. The van der Waals surface area contributed by atoms with Crippen LogP contribution < -0.4 is 0 Å². The van der Waals surface area contributed by atoms with Gasteiger partial charge in [0.15, 0.2) is 6.29 Å². The van der Waals surface area contributed by atoms with Crippen molar-refractivity contribution < 1.29 is 29.6 Å². The van der Waals surface area contributed by atoms with E-state index in [4.69, 9.17) is 14.6 Å². The van der Waals surface area contributed by atoms with Gasteiger partial charge in [-0.1, -0.05) is 6.42 Å². The van der Waals surface area contributed by atoms with Gasteiger partial charge in [-0.15, -0.1) is 0 Å². The van der Waals surface area contributed by atoms with Crippen LogP contribution in [-0.2, 0) is 14.3 Å². The minimum absolute atomic E-state index is 0.115. The topological polar surface area (TPSA) is 96.2 Å². The van der Waals surface area contributed by atoms with Crippen LogP contribution >= 0.6 is 0 Å². The fourth-order valence-electron chi connectivity index (χ4n) is 2.07. The number of carboxylic acid groups (broad SMARTS) is 1. The van der Waals surface area contributed by atoms with Crippen LogP contribution in [0.25, 0.3) is 0 Å². The number of carbonyl (C=O) groups is 1. The summed E-state index contributed by atoms with van der Waals surface area (Å²) in [6.07, 6.45) is -0.169. The van der Waals surface area contributed by atoms with E-state index in [0.29, 0.717) is 6.42 Å². The number of rotatable bonds is 7. The van der Waals surface area contributed by atoms with Crippen molar-refractivity contribution in [1.29, 1.82) is 0 Å². The van der Waals surface area contributed by atoms with Gasteiger partial charge in [-0.25, -0.2) is 0 Å². The molecule has 0 spiro atoms. The molecule has 0 aromatic heterocycles. The van der Waals surface area contributed by atoms with Crippen LogP contribution in [0.2, 0.25) is 0 Å². The summed E-state index contributed by atoms with van der Waals surface area (Å²) in [4.78, 5) is 10.4. The Morgan fingerprint density at radius 3 is 2.68 bits per heavy atom. The first-order valence-electron chi connectivity index (χ1n) is 6.79. The van der Waals surface area contributed by atoms with E-state index in [2.05, 4.69) is 0 Å². The molecule has 1 heterocycles. The molecular formula is C13H24O6. The zero-order chi connectivity index (χ0) is 14.4. The number of aliphatic hydroxyl groups is 2. The Labute approximate surface area is 113 Å². The molecule has 0 unspecified atom stereocenters. The molecule has 0 aromatic carbocycles. The van der Waals surface area contributed by atoms with Gasteiger partial charge in [-0.3, -0.25) is 4.79 Å². The summed E-state index contributed by atoms with van der Waals surface area (Å²) >= 11 is 0. The van der Waals surface area contributed by atoms with E-state index in [9.17, 15) is 15.0 Å². The van der Waals surface area contributed by atoms with Crippen molar-refractivity contribution in [3.8, 4) is 0 Å². The Kier molecular flexibility index (Phi) is 6.71. The molecule has 3 N–H and O–H groups in total. The van der Waals surface area contributed by atoms with Gasteiger partial charge in [0.2, 0.25) is 0 Å². The molecule has 0 aliphatic carbocycles. The second-order valence-corrected chi connectivity index (χ2v) is 5.17. The van der Waals surface area contributed by atoms with Gasteiger partial charge in [0, 0.05) is 12.8 Å². The minimum Gasteiger partial charge on any atom is -0.481 e. The lowest BCUT2D eigenvalue weighted by Crippen LogP contribution is -2.48. The van der Waals surface area contributed by atoms with Crippen LogP contribution in [0.15, 0.2) is 0 Å². The van der Waals surface area contributed by atoms with Crippen molar-refractivity contribution in [2.75, 3.05) is 0 Å². The highest BCUT2D eigenvalue weighted by Crippen LogP contribution is 2.23. The van der Waals surface area contributed by atoms with E-state index in [1.54, 1.807) is 6.92 Å². The Hall–Kier alpha value is -0.690. The highest BCUT2D eigenvalue weighted by Gasteiger charge is 2.35. The van der Waals surface area contributed by atoms with Crippen LogP contribution in [-0.4, -0.2) is 52.0 Å². The average molecular weight is 276 g/mol. The molecular weight excluding hydrogens is 252 g/mol. The molecule has 112 valence electrons. The first-order valence-corrected chi connectivity index (χ1v) is 6.79. The summed E-state index contributed by atoms with van der Waals surface area (Å²) < 4.78 is 11.0. The van der Waals surface area contributed by atoms with E-state index in [0.717, 1.165) is 12.8 Å². The van der Waals surface area contributed by atoms with Gasteiger partial charge in [0.1, 0.15) is 6.10 Å². The number of ether oxygens (including phenoxy) is 2. The second kappa shape index (κ2) is 7.79. The van der Waals surface area contributed by atoms with E-state index in [1.165, 1.54) is 0 Å². The maximum absolute atomic E-state index is 10.4. The summed E-state index contributed by atoms with van der Waals surface area (Å²) in [5.74, 6) is -0.789. The summed E-state index contributed by atoms with van der Waals surface area (Å²) in [6.45, 7) is 3.61. The fraction of sp³-hybridized carbons (Fsp3) is 0.923. The predicted molar refractivity (Wildman–Crippen MR) is 67.6 cm³/mol. The minimum atomic E-state index is -0.826. The standard InChI is InChI=1S/C13H24O6/c1-8(5-3-4-6-12(16)17)18-13-11(15)7-10(14)9(2)19-13/h8-11,13-15H,3-7H2,1-2H3,(H,16,17)/t8-,9+,10-,11-,13-/m1/s1. The smallest absolute Gasteiger partial charge is 0.303 e. The monoisotopic (exact) mass is 276 g/mol. The fourth-order valence-corrected chi connectivity index (χ4v) is 2.07. The first kappa shape index (κ1) is 16.4. The van der Waals surface area contributed by atoms with Crippen LogP contribution in [0.5, 0.6) is 0 Å². The summed E-state index contributed by atoms with van der Waals surface area (Å²) in [5.41, 5.74) is 0. The summed E-state index contributed by atoms with van der Waals surface area (Å²) in [7, 11) is 0. The van der Waals surface area contributed by atoms with Crippen molar-refractivity contribution in [3.05, 3.63) is 0 Å². The molecule has 0 saturated carbocycles. The Bertz CT molecular complexity index is 282. The lowest BCUT2D eigenvalue weighted by atomic mass is 10.0. The zero-order valence-electron chi connectivity index (χ0n) is 11.5. The van der Waals surface area contributed by atoms with Crippen molar-refractivity contribution in [1.82, 2.24) is 0 Å². The normalized spacial score (nSPS) is 33.1. The van der Waals surface area contributed by atoms with Gasteiger partial charge in [0.25, 0.3) is 0 Å². The highest BCUT2D eigenvalue weighted by molar-refractivity contribution is 5.66. The van der Waals surface area contributed by atoms with E-state index < -0.39 is 24.5 Å². The predicted octanol–water partition coefficient (Wildman–Crippen LogP) is 0.893. The summed E-state index contributed by atoms with van der Waals surface area (Å²) in [6, 6.07) is 0. The molecule has 19 heavy (non-hydrogen) atoms. The third-order valence-corrected chi connectivity index (χ3v) is 3.31. The van der Waals surface area contributed by atoms with E-state index in [-0.39, 0.29) is 25.0 Å². The molecule has 0 amide bonds. The van der Waals surface area contributed by atoms with Crippen molar-refractivity contribution in [3.63, 3.8) is 0 Å². The molecule has 0 radical (unpaired) electrons. The second-order valence-electron chi connectivity index (χ2n) is 5.17. The third kappa shape index (κ3) is 5.86. The third-order valence-electron chi connectivity index (χ3n) is 3.31. The quantitative estimate of drug-likeness (QED) is 0.598. The number of unbranched alkanes of at least 4 members (excludes halogenated alkanes) is 1. The van der Waals surface area contributed by atoms with Crippen LogP contribution in [0.3, 0.4) is 0 Å². The van der Waals surface area contributed by atoms with Crippen molar-refractivity contribution >= 4 is 5.97 Å². The maximum Gasteiger partial charge on any atom is 0.303 e. The molecule has 0 aromatic rings. The highest BCUT2D eigenvalue weighted by atomic mass is 16.7. The SMILES string of the molecule is C[C@H](CCCCC(=O)O)O[C@@H]1O[C@@H](C)[C@H](O)C[C@H]1O. The van der Waals surface area contributed by atoms with Crippen LogP contribution in [0.1, 0.15) is 46.0 Å². The molecule has 1 rings (SSSR count). The van der Waals surface area contributed by atoms with Crippen molar-refractivity contribution in [2.24, 2.45) is 0 Å². The number of hydrogen-bond donors (Lipinski definition) is 3. The number of carboxylic acids is 1. The van der Waals surface area contributed by atoms with Gasteiger partial charge >= 0.3 is 5.97 Å². The molecule has 6 heteroatoms. The lowest BCUT2D eigenvalue weighted by molar-refractivity contribution is -0.273. The van der Waals surface area contributed by atoms with Crippen molar-refractivity contribution in [2.45, 2.75) is 76.7 Å². The van der Waals surface area contributed by atoms with Gasteiger partial charge in [0.05, 0.1) is 18.3 Å². The zero-order valence-corrected chi connectivity index (χ0v) is 11.5. The van der Waals surface area contributed by atoms with Gasteiger partial charge in [-0.05, 0) is 26.7 Å². The molecule has 1 saturated heterocycles. The molecule has 1 aliphatic rings. The molecule has 0 bridgehead atoms. The van der Waals surface area contributed by atoms with Gasteiger partial charge in [-0.2, -0.15) is 0 Å². The van der Waals surface area contributed by atoms with E-state index in [1.807, 2.05) is 6.92 Å². The average Bonchev–Trinajstić information content (AvgIpc) is 2.31. The number of aliphatic hydroxyl groups excluding tert-OH is 2. The molecule has 1 fully saturated rings. The Morgan fingerprint density at radius 1 is 1.37 bits per heavy atom. The maximum atomic E-state index is 10.4. The molecule has 6 nitrogen and oxygen atoms in total. The first-order chi connectivity index (χ1) is 8.90. The Morgan fingerprint density at radius 2 is 2.05 bits per heavy atom. The molecule has 5 atom stereocenters. The van der Waals surface area contributed by atoms with Crippen LogP contribution in [0.4, 0.5) is 0 Å². The Balaban J connectivity index is 2.23. The lowest BCUT2D eigenvalue weighted by Gasteiger charge is -2.36. The number of aliphatic carboxylic acids is 1. The number of hydrogen-bond acceptors (Lipinski definition) is 5.